The highest BCUT2D eigenvalue weighted by Crippen LogP contribution is 2.16. The lowest BCUT2D eigenvalue weighted by Crippen LogP contribution is -2.12. The number of nitrogens with two attached hydrogens (primary N) is 1. The smallest absolute Gasteiger partial charge is 0.364 e. The summed E-state index contributed by atoms with van der Waals surface area (Å²) in [5, 5.41) is 0. The summed E-state index contributed by atoms with van der Waals surface area (Å²) in [5.74, 6) is -1.38. The standard InChI is InChI=1S/C11H8FN3O2/c12-7-3-1-2-4-9(7)17-11(16)8-5-15-10(13)6-14-8/h1-6H,(H2,13,15). The minimum atomic E-state index is -0.789. The van der Waals surface area contributed by atoms with Crippen molar-refractivity contribution in [3.63, 3.8) is 0 Å². The number of para-hydroxylation sites is 1. The van der Waals surface area contributed by atoms with Crippen LogP contribution >= 0.6 is 0 Å². The fraction of sp³-hybridized carbons (Fsp3) is 0. The molecule has 2 rings (SSSR count). The molecule has 0 aliphatic carbocycles. The summed E-state index contributed by atoms with van der Waals surface area (Å²) in [6.45, 7) is 0. The van der Waals surface area contributed by atoms with Gasteiger partial charge in [0, 0.05) is 0 Å². The van der Waals surface area contributed by atoms with Gasteiger partial charge in [-0.25, -0.2) is 19.2 Å². The van der Waals surface area contributed by atoms with E-state index in [1.165, 1.54) is 30.6 Å². The third kappa shape index (κ3) is 2.54. The number of nitrogen functional groups attached to an aromatic ring is 1. The van der Waals surface area contributed by atoms with Gasteiger partial charge in [-0.2, -0.15) is 0 Å². The lowest BCUT2D eigenvalue weighted by Gasteiger charge is -2.04. The van der Waals surface area contributed by atoms with Crippen LogP contribution in [0.4, 0.5) is 10.2 Å². The van der Waals surface area contributed by atoms with Gasteiger partial charge in [-0.15, -0.1) is 0 Å². The summed E-state index contributed by atoms with van der Waals surface area (Å²) < 4.78 is 18.0. The van der Waals surface area contributed by atoms with Gasteiger partial charge in [0.15, 0.2) is 17.3 Å². The summed E-state index contributed by atoms with van der Waals surface area (Å²) in [6.07, 6.45) is 2.39. The molecule has 0 saturated carbocycles. The van der Waals surface area contributed by atoms with Crippen molar-refractivity contribution in [3.05, 3.63) is 48.2 Å². The van der Waals surface area contributed by atoms with Crippen molar-refractivity contribution in [1.82, 2.24) is 9.97 Å². The van der Waals surface area contributed by atoms with Crippen LogP contribution in [0.1, 0.15) is 10.5 Å². The minimum Gasteiger partial charge on any atom is -0.419 e. The molecule has 1 aromatic carbocycles. The Kier molecular flexibility index (Phi) is 2.95. The number of halogens is 1. The Labute approximate surface area is 96.1 Å². The van der Waals surface area contributed by atoms with Gasteiger partial charge in [0.1, 0.15) is 5.82 Å². The van der Waals surface area contributed by atoms with Crippen molar-refractivity contribution in [2.45, 2.75) is 0 Å². The van der Waals surface area contributed by atoms with Crippen molar-refractivity contribution in [3.8, 4) is 5.75 Å². The molecule has 0 spiro atoms. The van der Waals surface area contributed by atoms with Crippen molar-refractivity contribution in [1.29, 1.82) is 0 Å². The molecule has 5 nitrogen and oxygen atoms in total. The van der Waals surface area contributed by atoms with E-state index in [9.17, 15) is 9.18 Å². The van der Waals surface area contributed by atoms with Gasteiger partial charge in [0.05, 0.1) is 12.4 Å². The summed E-state index contributed by atoms with van der Waals surface area (Å²) in [4.78, 5) is 18.9. The van der Waals surface area contributed by atoms with Crippen LogP contribution in [0.3, 0.4) is 0 Å². The van der Waals surface area contributed by atoms with E-state index in [4.69, 9.17) is 10.5 Å². The third-order valence-electron chi connectivity index (χ3n) is 1.92. The molecule has 1 heterocycles. The Bertz CT molecular complexity index is 543. The van der Waals surface area contributed by atoms with Crippen LogP contribution in [0.25, 0.3) is 0 Å². The first kappa shape index (κ1) is 11.0. The van der Waals surface area contributed by atoms with Gasteiger partial charge in [-0.05, 0) is 12.1 Å². The first-order valence-corrected chi connectivity index (χ1v) is 4.71. The highest BCUT2D eigenvalue weighted by Gasteiger charge is 2.12. The number of nitrogens with zero attached hydrogens (tertiary/aromatic N) is 2. The molecule has 17 heavy (non-hydrogen) atoms. The minimum absolute atomic E-state index is 0.0394. The van der Waals surface area contributed by atoms with Gasteiger partial charge in [-0.1, -0.05) is 12.1 Å². The average molecular weight is 233 g/mol. The van der Waals surface area contributed by atoms with Crippen LogP contribution in [0, 0.1) is 5.82 Å². The number of benzene rings is 1. The number of carbonyl (C=O) groups excluding carboxylic acids is 1. The maximum atomic E-state index is 13.2. The van der Waals surface area contributed by atoms with Gasteiger partial charge in [-0.3, -0.25) is 0 Å². The fourth-order valence-electron chi connectivity index (χ4n) is 1.12. The van der Waals surface area contributed by atoms with Crippen LogP contribution in [0.2, 0.25) is 0 Å². The van der Waals surface area contributed by atoms with E-state index in [0.717, 1.165) is 0 Å². The zero-order valence-electron chi connectivity index (χ0n) is 8.63. The lowest BCUT2D eigenvalue weighted by molar-refractivity contribution is 0.0721. The van der Waals surface area contributed by atoms with Crippen LogP contribution in [0.5, 0.6) is 5.75 Å². The highest BCUT2D eigenvalue weighted by atomic mass is 19.1. The van der Waals surface area contributed by atoms with Gasteiger partial charge < -0.3 is 10.5 Å². The molecule has 2 aromatic rings. The molecule has 2 N–H and O–H groups in total. The molecule has 6 heteroatoms. The summed E-state index contributed by atoms with van der Waals surface area (Å²) in [6, 6.07) is 5.59. The monoisotopic (exact) mass is 233 g/mol. The number of esters is 1. The van der Waals surface area contributed by atoms with E-state index in [1.54, 1.807) is 6.07 Å². The van der Waals surface area contributed by atoms with Crippen LogP contribution in [0.15, 0.2) is 36.7 Å². The van der Waals surface area contributed by atoms with Gasteiger partial charge >= 0.3 is 5.97 Å². The first-order valence-electron chi connectivity index (χ1n) is 4.71. The molecule has 0 atom stereocenters. The molecular formula is C11H8FN3O2. The van der Waals surface area contributed by atoms with Crippen LogP contribution in [-0.2, 0) is 0 Å². The van der Waals surface area contributed by atoms with Gasteiger partial charge in [0.2, 0.25) is 0 Å². The third-order valence-corrected chi connectivity index (χ3v) is 1.92. The zero-order valence-corrected chi connectivity index (χ0v) is 8.63. The predicted octanol–water partition coefficient (Wildman–Crippen LogP) is 1.42. The maximum Gasteiger partial charge on any atom is 0.364 e. The second-order valence-electron chi connectivity index (χ2n) is 3.15. The number of hydrogen-bond donors (Lipinski definition) is 1. The van der Waals surface area contributed by atoms with E-state index in [0.29, 0.717) is 0 Å². The molecule has 0 aliphatic rings. The topological polar surface area (TPSA) is 78.1 Å². The number of anilines is 1. The van der Waals surface area contributed by atoms with Crippen LogP contribution < -0.4 is 10.5 Å². The van der Waals surface area contributed by atoms with Crippen molar-refractivity contribution in [2.24, 2.45) is 0 Å². The van der Waals surface area contributed by atoms with E-state index >= 15 is 0 Å². The average Bonchev–Trinajstić information content (AvgIpc) is 2.33. The number of hydrogen-bond acceptors (Lipinski definition) is 5. The van der Waals surface area contributed by atoms with E-state index in [1.807, 2.05) is 0 Å². The van der Waals surface area contributed by atoms with Crippen molar-refractivity contribution >= 4 is 11.8 Å². The molecule has 0 amide bonds. The SMILES string of the molecule is Nc1cnc(C(=O)Oc2ccccc2F)cn1. The summed E-state index contributed by atoms with van der Waals surface area (Å²) >= 11 is 0. The second-order valence-corrected chi connectivity index (χ2v) is 3.15. The second kappa shape index (κ2) is 4.56. The molecule has 0 saturated heterocycles. The number of ether oxygens (including phenoxy) is 1. The normalized spacial score (nSPS) is 9.94. The van der Waals surface area contributed by atoms with E-state index < -0.39 is 11.8 Å². The Morgan fingerprint density at radius 2 is 2.00 bits per heavy atom. The van der Waals surface area contributed by atoms with E-state index in [2.05, 4.69) is 9.97 Å². The summed E-state index contributed by atoms with van der Waals surface area (Å²) in [7, 11) is 0. The fourth-order valence-corrected chi connectivity index (χ4v) is 1.12. The van der Waals surface area contributed by atoms with Crippen LogP contribution in [-0.4, -0.2) is 15.9 Å². The Balaban J connectivity index is 2.17. The number of carbonyl (C=O) groups is 1. The maximum absolute atomic E-state index is 13.2. The zero-order chi connectivity index (χ0) is 12.3. The molecule has 1 aromatic heterocycles. The first-order chi connectivity index (χ1) is 8.16. The molecule has 0 fully saturated rings. The Hall–Kier alpha value is -2.50. The molecule has 0 radical (unpaired) electrons. The quantitative estimate of drug-likeness (QED) is 0.626. The van der Waals surface area contributed by atoms with Crippen molar-refractivity contribution in [2.75, 3.05) is 5.73 Å². The summed E-state index contributed by atoms with van der Waals surface area (Å²) in [5.41, 5.74) is 5.28. The van der Waals surface area contributed by atoms with Crippen molar-refractivity contribution < 1.29 is 13.9 Å². The molecule has 0 aliphatic heterocycles. The highest BCUT2D eigenvalue weighted by molar-refractivity contribution is 5.88. The largest absolute Gasteiger partial charge is 0.419 e. The van der Waals surface area contributed by atoms with Gasteiger partial charge in [0.25, 0.3) is 0 Å². The lowest BCUT2D eigenvalue weighted by atomic mass is 10.3. The molecular weight excluding hydrogens is 225 g/mol. The number of aromatic nitrogens is 2. The predicted molar refractivity (Wildman–Crippen MR) is 57.8 cm³/mol. The molecule has 86 valence electrons. The Morgan fingerprint density at radius 1 is 1.24 bits per heavy atom. The van der Waals surface area contributed by atoms with E-state index in [-0.39, 0.29) is 17.3 Å². The number of rotatable bonds is 2. The Morgan fingerprint density at radius 3 is 2.65 bits per heavy atom. The molecule has 0 bridgehead atoms. The molecule has 0 unspecified atom stereocenters.